The Bertz CT molecular complexity index is 886. The van der Waals surface area contributed by atoms with Crippen molar-refractivity contribution in [2.45, 2.75) is 11.8 Å². The molecule has 118 valence electrons. The maximum atomic E-state index is 12.7. The van der Waals surface area contributed by atoms with Gasteiger partial charge >= 0.3 is 0 Å². The van der Waals surface area contributed by atoms with Crippen molar-refractivity contribution in [3.63, 3.8) is 0 Å². The number of fused-ring (bicyclic) bond motifs is 1. The molecule has 0 radical (unpaired) electrons. The number of aryl methyl sites for hydroxylation is 1. The van der Waals surface area contributed by atoms with E-state index in [1.54, 1.807) is 6.92 Å². The SMILES string of the molecule is Cc1cc(=O)[nH]c2cc(Cl)c(S(=O)(=O)N3CCOCC3)cc12. The molecule has 1 aromatic heterocycles. The van der Waals surface area contributed by atoms with Crippen molar-refractivity contribution < 1.29 is 13.2 Å². The third kappa shape index (κ3) is 2.65. The zero-order chi connectivity index (χ0) is 15.9. The van der Waals surface area contributed by atoms with Gasteiger partial charge in [0, 0.05) is 24.5 Å². The number of aromatic nitrogens is 1. The first-order chi connectivity index (χ1) is 10.4. The molecule has 2 heterocycles. The van der Waals surface area contributed by atoms with Gasteiger partial charge in [0.15, 0.2) is 0 Å². The lowest BCUT2D eigenvalue weighted by atomic mass is 10.1. The Kier molecular flexibility index (Phi) is 3.98. The van der Waals surface area contributed by atoms with Gasteiger partial charge in [-0.1, -0.05) is 11.6 Å². The third-order valence-electron chi connectivity index (χ3n) is 3.69. The van der Waals surface area contributed by atoms with E-state index >= 15 is 0 Å². The Morgan fingerprint density at radius 3 is 2.59 bits per heavy atom. The van der Waals surface area contributed by atoms with Crippen LogP contribution in [0.3, 0.4) is 0 Å². The molecular weight excluding hydrogens is 328 g/mol. The average Bonchev–Trinajstić information content (AvgIpc) is 2.47. The normalized spacial score (nSPS) is 17.0. The number of sulfonamides is 1. The fraction of sp³-hybridized carbons (Fsp3) is 0.357. The molecule has 0 spiro atoms. The molecule has 0 amide bonds. The minimum absolute atomic E-state index is 0.0544. The van der Waals surface area contributed by atoms with Gasteiger partial charge in [-0.3, -0.25) is 4.79 Å². The summed E-state index contributed by atoms with van der Waals surface area (Å²) in [5, 5.41) is 0.760. The van der Waals surface area contributed by atoms with Crippen molar-refractivity contribution in [3.8, 4) is 0 Å². The van der Waals surface area contributed by atoms with Gasteiger partial charge in [0.1, 0.15) is 4.90 Å². The molecule has 1 saturated heterocycles. The van der Waals surface area contributed by atoms with E-state index in [0.29, 0.717) is 42.8 Å². The monoisotopic (exact) mass is 342 g/mol. The van der Waals surface area contributed by atoms with E-state index in [1.807, 2.05) is 0 Å². The summed E-state index contributed by atoms with van der Waals surface area (Å²) in [5.74, 6) is 0. The minimum Gasteiger partial charge on any atom is -0.379 e. The van der Waals surface area contributed by atoms with E-state index in [9.17, 15) is 13.2 Å². The van der Waals surface area contributed by atoms with Crippen molar-refractivity contribution >= 4 is 32.5 Å². The first-order valence-corrected chi connectivity index (χ1v) is 8.62. The molecule has 1 N–H and O–H groups in total. The van der Waals surface area contributed by atoms with E-state index in [2.05, 4.69) is 4.98 Å². The van der Waals surface area contributed by atoms with Crippen LogP contribution < -0.4 is 5.56 Å². The van der Waals surface area contributed by atoms with Crippen LogP contribution in [0.5, 0.6) is 0 Å². The first-order valence-electron chi connectivity index (χ1n) is 6.80. The lowest BCUT2D eigenvalue weighted by Gasteiger charge is -2.26. The van der Waals surface area contributed by atoms with Crippen LogP contribution in [0.1, 0.15) is 5.56 Å². The summed E-state index contributed by atoms with van der Waals surface area (Å²) >= 11 is 6.15. The Labute approximate surface area is 132 Å². The van der Waals surface area contributed by atoms with Gasteiger partial charge in [-0.25, -0.2) is 8.42 Å². The third-order valence-corrected chi connectivity index (χ3v) is 6.05. The number of halogens is 1. The maximum Gasteiger partial charge on any atom is 0.248 e. The second-order valence-corrected chi connectivity index (χ2v) is 7.47. The summed E-state index contributed by atoms with van der Waals surface area (Å²) in [6.07, 6.45) is 0. The molecule has 0 saturated carbocycles. The predicted octanol–water partition coefficient (Wildman–Crippen LogP) is 1.51. The number of aromatic amines is 1. The molecule has 22 heavy (non-hydrogen) atoms. The van der Waals surface area contributed by atoms with E-state index in [0.717, 1.165) is 0 Å². The average molecular weight is 343 g/mol. The van der Waals surface area contributed by atoms with E-state index < -0.39 is 10.0 Å². The molecule has 0 aliphatic carbocycles. The van der Waals surface area contributed by atoms with Crippen molar-refractivity contribution in [1.29, 1.82) is 0 Å². The fourth-order valence-corrected chi connectivity index (χ4v) is 4.49. The number of H-pyrrole nitrogens is 1. The quantitative estimate of drug-likeness (QED) is 0.897. The number of nitrogens with zero attached hydrogens (tertiary/aromatic N) is 1. The second-order valence-electron chi connectivity index (χ2n) is 5.16. The maximum absolute atomic E-state index is 12.7. The van der Waals surface area contributed by atoms with Crippen LogP contribution in [0, 0.1) is 6.92 Å². The number of hydrogen-bond donors (Lipinski definition) is 1. The van der Waals surface area contributed by atoms with Gasteiger partial charge in [0.05, 0.1) is 23.8 Å². The highest BCUT2D eigenvalue weighted by molar-refractivity contribution is 7.89. The summed E-state index contributed by atoms with van der Waals surface area (Å²) in [5.41, 5.74) is 0.981. The Balaban J connectivity index is 2.18. The largest absolute Gasteiger partial charge is 0.379 e. The number of rotatable bonds is 2. The van der Waals surface area contributed by atoms with Crippen LogP contribution in [0.15, 0.2) is 27.9 Å². The van der Waals surface area contributed by atoms with Gasteiger partial charge in [0.25, 0.3) is 0 Å². The van der Waals surface area contributed by atoms with E-state index in [-0.39, 0.29) is 15.5 Å². The Morgan fingerprint density at radius 1 is 1.23 bits per heavy atom. The number of ether oxygens (including phenoxy) is 1. The fourth-order valence-electron chi connectivity index (χ4n) is 2.55. The van der Waals surface area contributed by atoms with Gasteiger partial charge in [-0.2, -0.15) is 4.31 Å². The number of morpholine rings is 1. The second kappa shape index (κ2) is 5.66. The number of nitrogens with one attached hydrogen (secondary N) is 1. The van der Waals surface area contributed by atoms with Crippen molar-refractivity contribution in [2.24, 2.45) is 0 Å². The highest BCUT2D eigenvalue weighted by Gasteiger charge is 2.28. The topological polar surface area (TPSA) is 79.5 Å². The van der Waals surface area contributed by atoms with Crippen molar-refractivity contribution in [3.05, 3.63) is 39.1 Å². The molecular formula is C14H15ClN2O4S. The number of pyridine rings is 1. The molecule has 1 aromatic carbocycles. The van der Waals surface area contributed by atoms with Gasteiger partial charge in [-0.05, 0) is 24.6 Å². The summed E-state index contributed by atoms with van der Waals surface area (Å²) in [6, 6.07) is 4.44. The molecule has 0 unspecified atom stereocenters. The number of benzene rings is 1. The van der Waals surface area contributed by atoms with Crippen LogP contribution in [-0.4, -0.2) is 44.0 Å². The minimum atomic E-state index is -3.68. The van der Waals surface area contributed by atoms with Crippen LogP contribution in [0.4, 0.5) is 0 Å². The smallest absolute Gasteiger partial charge is 0.248 e. The molecule has 6 nitrogen and oxygen atoms in total. The first kappa shape index (κ1) is 15.5. The van der Waals surface area contributed by atoms with Gasteiger partial charge < -0.3 is 9.72 Å². The van der Waals surface area contributed by atoms with E-state index in [4.69, 9.17) is 16.3 Å². The standard InChI is InChI=1S/C14H15ClN2O4S/c1-9-6-14(18)16-12-8-11(15)13(7-10(9)12)22(19,20)17-2-4-21-5-3-17/h6-8H,2-5H2,1H3,(H,16,18). The zero-order valence-corrected chi connectivity index (χ0v) is 13.5. The summed E-state index contributed by atoms with van der Waals surface area (Å²) in [4.78, 5) is 14.2. The highest BCUT2D eigenvalue weighted by atomic mass is 35.5. The van der Waals surface area contributed by atoms with Crippen LogP contribution in [0.2, 0.25) is 5.02 Å². The molecule has 2 aromatic rings. The van der Waals surface area contributed by atoms with Crippen LogP contribution >= 0.6 is 11.6 Å². The van der Waals surface area contributed by atoms with Crippen molar-refractivity contribution in [1.82, 2.24) is 9.29 Å². The van der Waals surface area contributed by atoms with Crippen LogP contribution in [-0.2, 0) is 14.8 Å². The van der Waals surface area contributed by atoms with Gasteiger partial charge in [-0.15, -0.1) is 0 Å². The summed E-state index contributed by atoms with van der Waals surface area (Å²) < 4.78 is 32.0. The molecule has 1 aliphatic rings. The van der Waals surface area contributed by atoms with E-state index in [1.165, 1.54) is 22.5 Å². The van der Waals surface area contributed by atoms with Crippen molar-refractivity contribution in [2.75, 3.05) is 26.3 Å². The van der Waals surface area contributed by atoms with Crippen LogP contribution in [0.25, 0.3) is 10.9 Å². The summed E-state index contributed by atoms with van der Waals surface area (Å²) in [7, 11) is -3.68. The molecule has 1 fully saturated rings. The highest BCUT2D eigenvalue weighted by Crippen LogP contribution is 2.30. The molecule has 0 atom stereocenters. The molecule has 0 bridgehead atoms. The number of hydrogen-bond acceptors (Lipinski definition) is 4. The lowest BCUT2D eigenvalue weighted by Crippen LogP contribution is -2.40. The Morgan fingerprint density at radius 2 is 1.91 bits per heavy atom. The summed E-state index contributed by atoms with van der Waals surface area (Å²) in [6.45, 7) is 3.12. The predicted molar refractivity (Wildman–Crippen MR) is 83.9 cm³/mol. The molecule has 8 heteroatoms. The van der Waals surface area contributed by atoms with Gasteiger partial charge in [0.2, 0.25) is 15.6 Å². The zero-order valence-electron chi connectivity index (χ0n) is 11.9. The lowest BCUT2D eigenvalue weighted by molar-refractivity contribution is 0.0730. The molecule has 1 aliphatic heterocycles. The molecule has 3 rings (SSSR count). The Hall–Kier alpha value is -1.41.